The summed E-state index contributed by atoms with van der Waals surface area (Å²) in [5.41, 5.74) is 1.12. The molecule has 4 heteroatoms. The Labute approximate surface area is 108 Å². The number of benzene rings is 1. The van der Waals surface area contributed by atoms with E-state index in [0.717, 1.165) is 6.54 Å². The molecule has 0 aliphatic carbocycles. The van der Waals surface area contributed by atoms with Crippen LogP contribution in [0.1, 0.15) is 19.4 Å². The average Bonchev–Trinajstić information content (AvgIpc) is 2.15. The molecule has 0 saturated heterocycles. The fourth-order valence-electron chi connectivity index (χ4n) is 1.33. The molecule has 0 aromatic heterocycles. The fraction of sp³-hybridized carbons (Fsp3) is 0.455. The first-order valence-corrected chi connectivity index (χ1v) is 5.56. The Morgan fingerprint density at radius 2 is 1.53 bits per heavy atom. The van der Waals surface area contributed by atoms with Crippen LogP contribution in [-0.4, -0.2) is 15.9 Å². The molecule has 0 spiro atoms. The van der Waals surface area contributed by atoms with Crippen LogP contribution in [0, 0.1) is 0 Å². The van der Waals surface area contributed by atoms with Crippen LogP contribution in [0.4, 0.5) is 0 Å². The van der Waals surface area contributed by atoms with Crippen molar-refractivity contribution in [3.8, 4) is 0 Å². The second-order valence-corrected chi connectivity index (χ2v) is 4.57. The van der Waals surface area contributed by atoms with Gasteiger partial charge < -0.3 is 0 Å². The highest BCUT2D eigenvalue weighted by Gasteiger charge is 2.16. The molecule has 0 bridgehead atoms. The van der Waals surface area contributed by atoms with Crippen LogP contribution in [0.2, 0.25) is 0 Å². The smallest absolute Gasteiger partial charge is 0.0836 e. The summed E-state index contributed by atoms with van der Waals surface area (Å²) in [5.74, 6) is 0. The number of halogens is 3. The highest BCUT2D eigenvalue weighted by molar-refractivity contribution is 6.22. The number of hydrogen-bond acceptors (Lipinski definition) is 1. The van der Waals surface area contributed by atoms with Gasteiger partial charge in [-0.05, 0) is 19.4 Å². The van der Waals surface area contributed by atoms with Crippen molar-refractivity contribution in [2.24, 2.45) is 0 Å². The molecule has 2 unspecified atom stereocenters. The van der Waals surface area contributed by atoms with Crippen LogP contribution in [-0.2, 0) is 6.54 Å². The standard InChI is InChI=1S/C11H15Cl2N.ClH/c1-9(12)14(10(2)13)8-11-6-4-3-5-7-11;/h3-7,9-10H,8H2,1-2H3;1H. The molecule has 1 rings (SSSR count). The van der Waals surface area contributed by atoms with Gasteiger partial charge in [-0.1, -0.05) is 30.3 Å². The van der Waals surface area contributed by atoms with E-state index in [0.29, 0.717) is 0 Å². The molecule has 0 saturated carbocycles. The lowest BCUT2D eigenvalue weighted by Gasteiger charge is -2.27. The summed E-state index contributed by atoms with van der Waals surface area (Å²) < 4.78 is 0. The van der Waals surface area contributed by atoms with Crippen LogP contribution in [0.3, 0.4) is 0 Å². The third kappa shape index (κ3) is 5.07. The van der Waals surface area contributed by atoms with Gasteiger partial charge in [0.25, 0.3) is 0 Å². The van der Waals surface area contributed by atoms with E-state index in [1.165, 1.54) is 5.56 Å². The van der Waals surface area contributed by atoms with E-state index in [-0.39, 0.29) is 23.4 Å². The minimum absolute atomic E-state index is 0. The number of alkyl halides is 2. The summed E-state index contributed by atoms with van der Waals surface area (Å²) in [6, 6.07) is 10.2. The third-order valence-electron chi connectivity index (χ3n) is 2.12. The lowest BCUT2D eigenvalue weighted by atomic mass is 10.2. The van der Waals surface area contributed by atoms with Gasteiger partial charge in [0.15, 0.2) is 0 Å². The van der Waals surface area contributed by atoms with Gasteiger partial charge >= 0.3 is 0 Å². The Kier molecular flexibility index (Phi) is 7.37. The van der Waals surface area contributed by atoms with E-state index in [1.807, 2.05) is 36.9 Å². The van der Waals surface area contributed by atoms with E-state index in [2.05, 4.69) is 12.1 Å². The Morgan fingerprint density at radius 1 is 1.07 bits per heavy atom. The molecule has 1 aromatic carbocycles. The van der Waals surface area contributed by atoms with E-state index in [1.54, 1.807) is 0 Å². The molecule has 15 heavy (non-hydrogen) atoms. The summed E-state index contributed by atoms with van der Waals surface area (Å²) in [5, 5.41) is 0. The first kappa shape index (κ1) is 15.0. The first-order valence-electron chi connectivity index (χ1n) is 4.69. The predicted octanol–water partition coefficient (Wildman–Crippen LogP) is 4.08. The molecule has 0 radical (unpaired) electrons. The minimum Gasteiger partial charge on any atom is -0.267 e. The highest BCUT2D eigenvalue weighted by atomic mass is 35.5. The van der Waals surface area contributed by atoms with Crippen LogP contribution in [0.15, 0.2) is 30.3 Å². The quantitative estimate of drug-likeness (QED) is 0.587. The van der Waals surface area contributed by atoms with Crippen molar-refractivity contribution < 1.29 is 0 Å². The van der Waals surface area contributed by atoms with Gasteiger partial charge in [-0.2, -0.15) is 0 Å². The summed E-state index contributed by atoms with van der Waals surface area (Å²) in [7, 11) is 0. The van der Waals surface area contributed by atoms with Crippen LogP contribution in [0.5, 0.6) is 0 Å². The van der Waals surface area contributed by atoms with Crippen LogP contribution in [0.25, 0.3) is 0 Å². The summed E-state index contributed by atoms with van der Waals surface area (Å²) in [6.45, 7) is 4.66. The van der Waals surface area contributed by atoms with Crippen molar-refractivity contribution in [3.05, 3.63) is 35.9 Å². The van der Waals surface area contributed by atoms with Crippen LogP contribution < -0.4 is 0 Å². The number of nitrogens with zero attached hydrogens (tertiary/aromatic N) is 1. The van der Waals surface area contributed by atoms with Crippen molar-refractivity contribution in [3.63, 3.8) is 0 Å². The van der Waals surface area contributed by atoms with Crippen molar-refractivity contribution in [1.82, 2.24) is 4.90 Å². The molecule has 0 aliphatic rings. The average molecular weight is 269 g/mol. The maximum Gasteiger partial charge on any atom is 0.0836 e. The van der Waals surface area contributed by atoms with Crippen molar-refractivity contribution in [1.29, 1.82) is 0 Å². The van der Waals surface area contributed by atoms with Crippen molar-refractivity contribution in [2.75, 3.05) is 0 Å². The molecule has 0 heterocycles. The molecule has 1 nitrogen and oxygen atoms in total. The van der Waals surface area contributed by atoms with Gasteiger partial charge in [-0.25, -0.2) is 0 Å². The van der Waals surface area contributed by atoms with Crippen molar-refractivity contribution in [2.45, 2.75) is 31.4 Å². The molecular weight excluding hydrogens is 252 g/mol. The van der Waals surface area contributed by atoms with Crippen LogP contribution >= 0.6 is 35.6 Å². The van der Waals surface area contributed by atoms with Crippen molar-refractivity contribution >= 4 is 35.6 Å². The Morgan fingerprint density at radius 3 is 1.93 bits per heavy atom. The van der Waals surface area contributed by atoms with E-state index in [4.69, 9.17) is 23.2 Å². The highest BCUT2D eigenvalue weighted by Crippen LogP contribution is 2.16. The van der Waals surface area contributed by atoms with Gasteiger partial charge in [0.05, 0.1) is 11.0 Å². The minimum atomic E-state index is -0.0530. The molecule has 86 valence electrons. The maximum absolute atomic E-state index is 6.03. The fourth-order valence-corrected chi connectivity index (χ4v) is 1.86. The summed E-state index contributed by atoms with van der Waals surface area (Å²) in [4.78, 5) is 2.03. The molecule has 0 fully saturated rings. The zero-order valence-corrected chi connectivity index (χ0v) is 11.2. The molecule has 0 N–H and O–H groups in total. The van der Waals surface area contributed by atoms with E-state index < -0.39 is 0 Å². The number of hydrogen-bond donors (Lipinski definition) is 0. The lowest BCUT2D eigenvalue weighted by Crippen LogP contribution is -2.33. The summed E-state index contributed by atoms with van der Waals surface area (Å²) >= 11 is 12.1. The SMILES string of the molecule is CC(Cl)N(Cc1ccccc1)C(C)Cl.Cl. The van der Waals surface area contributed by atoms with Gasteiger partial charge in [-0.3, -0.25) is 4.90 Å². The first-order chi connectivity index (χ1) is 6.61. The largest absolute Gasteiger partial charge is 0.267 e. The molecule has 0 amide bonds. The second kappa shape index (κ2) is 7.34. The molecule has 2 atom stereocenters. The Hall–Kier alpha value is 0.0500. The Balaban J connectivity index is 0.00000196. The van der Waals surface area contributed by atoms with Gasteiger partial charge in [0.2, 0.25) is 0 Å². The molecular formula is C11H16Cl3N. The molecule has 1 aromatic rings. The molecule has 0 aliphatic heterocycles. The van der Waals surface area contributed by atoms with Gasteiger partial charge in [0, 0.05) is 6.54 Å². The van der Waals surface area contributed by atoms with E-state index in [9.17, 15) is 0 Å². The zero-order valence-electron chi connectivity index (χ0n) is 8.86. The normalized spacial score (nSPS) is 14.5. The summed E-state index contributed by atoms with van der Waals surface area (Å²) in [6.07, 6.45) is 0. The second-order valence-electron chi connectivity index (χ2n) is 3.31. The zero-order chi connectivity index (χ0) is 10.6. The van der Waals surface area contributed by atoms with E-state index >= 15 is 0 Å². The Bertz CT molecular complexity index is 254. The van der Waals surface area contributed by atoms with Gasteiger partial charge in [0.1, 0.15) is 0 Å². The van der Waals surface area contributed by atoms with Gasteiger partial charge in [-0.15, -0.1) is 35.6 Å². The topological polar surface area (TPSA) is 3.24 Å². The predicted molar refractivity (Wildman–Crippen MR) is 69.9 cm³/mol. The monoisotopic (exact) mass is 267 g/mol. The lowest BCUT2D eigenvalue weighted by molar-refractivity contribution is 0.242. The maximum atomic E-state index is 6.03. The third-order valence-corrected chi connectivity index (χ3v) is 2.62. The number of rotatable bonds is 4.